The van der Waals surface area contributed by atoms with Crippen molar-refractivity contribution >= 4 is 34.2 Å². The number of hydrogen-bond donors (Lipinski definition) is 0. The molecular formula is C14H11Cl2FN2O. The maximum atomic E-state index is 13.5. The predicted octanol–water partition coefficient (Wildman–Crippen LogP) is 4.25. The van der Waals surface area contributed by atoms with Crippen molar-refractivity contribution < 1.29 is 8.81 Å². The molecule has 3 rings (SSSR count). The molecule has 0 aliphatic rings. The van der Waals surface area contributed by atoms with Crippen LogP contribution in [0.1, 0.15) is 11.4 Å². The highest BCUT2D eigenvalue weighted by Gasteiger charge is 2.14. The predicted molar refractivity (Wildman–Crippen MR) is 76.9 cm³/mol. The maximum absolute atomic E-state index is 13.5. The van der Waals surface area contributed by atoms with Gasteiger partial charge in [0.15, 0.2) is 0 Å². The normalized spacial score (nSPS) is 11.3. The van der Waals surface area contributed by atoms with Gasteiger partial charge in [-0.15, -0.1) is 11.6 Å². The second-order valence-electron chi connectivity index (χ2n) is 4.44. The molecule has 0 unspecified atom stereocenters. The van der Waals surface area contributed by atoms with Crippen LogP contribution in [0.4, 0.5) is 4.39 Å². The summed E-state index contributed by atoms with van der Waals surface area (Å²) in [7, 11) is 0. The van der Waals surface area contributed by atoms with Crippen LogP contribution in [-0.4, -0.2) is 15.4 Å². The van der Waals surface area contributed by atoms with Crippen molar-refractivity contribution in [1.29, 1.82) is 0 Å². The van der Waals surface area contributed by atoms with Crippen molar-refractivity contribution in [3.63, 3.8) is 0 Å². The molecule has 3 aromatic rings. The summed E-state index contributed by atoms with van der Waals surface area (Å²) in [5.74, 6) is 0.785. The van der Waals surface area contributed by atoms with Gasteiger partial charge in [0.25, 0.3) is 0 Å². The third kappa shape index (κ3) is 2.41. The summed E-state index contributed by atoms with van der Waals surface area (Å²) in [5.41, 5.74) is 2.37. The van der Waals surface area contributed by atoms with Gasteiger partial charge in [0.1, 0.15) is 11.6 Å². The molecule has 0 bridgehead atoms. The van der Waals surface area contributed by atoms with E-state index in [0.29, 0.717) is 24.4 Å². The summed E-state index contributed by atoms with van der Waals surface area (Å²) < 4.78 is 20.6. The monoisotopic (exact) mass is 312 g/mol. The van der Waals surface area contributed by atoms with E-state index in [1.54, 1.807) is 18.6 Å². The molecule has 0 aliphatic carbocycles. The number of imidazole rings is 1. The lowest BCUT2D eigenvalue weighted by atomic mass is 10.3. The number of benzene rings is 1. The fraction of sp³-hybridized carbons (Fsp3) is 0.214. The van der Waals surface area contributed by atoms with Crippen LogP contribution in [0, 0.1) is 5.82 Å². The Labute approximate surface area is 124 Å². The minimum atomic E-state index is -0.468. The fourth-order valence-electron chi connectivity index (χ4n) is 2.19. The Morgan fingerprint density at radius 1 is 1.35 bits per heavy atom. The van der Waals surface area contributed by atoms with Crippen LogP contribution in [0.2, 0.25) is 5.02 Å². The number of alkyl halides is 1. The van der Waals surface area contributed by atoms with Crippen LogP contribution in [0.15, 0.2) is 35.1 Å². The highest BCUT2D eigenvalue weighted by Crippen LogP contribution is 2.25. The average Bonchev–Trinajstić information content (AvgIpc) is 3.02. The largest absolute Gasteiger partial charge is 0.472 e. The minimum absolute atomic E-state index is 0.0864. The van der Waals surface area contributed by atoms with Gasteiger partial charge in [-0.2, -0.15) is 0 Å². The van der Waals surface area contributed by atoms with Crippen molar-refractivity contribution in [3.8, 4) is 0 Å². The molecule has 2 aromatic heterocycles. The Bertz CT molecular complexity index is 737. The number of hydrogen-bond acceptors (Lipinski definition) is 2. The van der Waals surface area contributed by atoms with Gasteiger partial charge < -0.3 is 8.98 Å². The van der Waals surface area contributed by atoms with Gasteiger partial charge >= 0.3 is 0 Å². The topological polar surface area (TPSA) is 31.0 Å². The number of aromatic nitrogens is 2. The van der Waals surface area contributed by atoms with E-state index in [2.05, 4.69) is 4.98 Å². The zero-order valence-corrected chi connectivity index (χ0v) is 12.0. The van der Waals surface area contributed by atoms with Crippen molar-refractivity contribution in [1.82, 2.24) is 9.55 Å². The van der Waals surface area contributed by atoms with Crippen LogP contribution in [0.3, 0.4) is 0 Å². The van der Waals surface area contributed by atoms with Crippen molar-refractivity contribution in [2.75, 3.05) is 5.88 Å². The number of rotatable bonds is 4. The Morgan fingerprint density at radius 3 is 2.90 bits per heavy atom. The van der Waals surface area contributed by atoms with E-state index < -0.39 is 5.82 Å². The first-order chi connectivity index (χ1) is 9.69. The molecule has 0 amide bonds. The third-order valence-corrected chi connectivity index (χ3v) is 3.59. The number of halogens is 3. The molecule has 2 heterocycles. The second-order valence-corrected chi connectivity index (χ2v) is 5.22. The number of fused-ring (bicyclic) bond motifs is 1. The smallest absolute Gasteiger partial charge is 0.144 e. The molecule has 0 radical (unpaired) electrons. The van der Waals surface area contributed by atoms with E-state index >= 15 is 0 Å². The lowest BCUT2D eigenvalue weighted by Crippen LogP contribution is -2.05. The van der Waals surface area contributed by atoms with Gasteiger partial charge in [-0.3, -0.25) is 0 Å². The van der Waals surface area contributed by atoms with Gasteiger partial charge in [-0.05, 0) is 12.1 Å². The molecular weight excluding hydrogens is 302 g/mol. The van der Waals surface area contributed by atoms with E-state index in [0.717, 1.165) is 16.9 Å². The zero-order chi connectivity index (χ0) is 14.1. The minimum Gasteiger partial charge on any atom is -0.472 e. The molecule has 1 aromatic carbocycles. The van der Waals surface area contributed by atoms with Crippen LogP contribution < -0.4 is 0 Å². The molecule has 104 valence electrons. The van der Waals surface area contributed by atoms with Crippen molar-refractivity contribution in [3.05, 3.63) is 53.0 Å². The number of aryl methyl sites for hydroxylation is 1. The number of furan rings is 1. The highest BCUT2D eigenvalue weighted by atomic mass is 35.5. The standard InChI is InChI=1S/C14H11Cl2FN2O/c15-3-1-14-18-12-6-11(17)10(16)5-13(12)19(14)7-9-2-4-20-8-9/h2,4-6,8H,1,3,7H2. The summed E-state index contributed by atoms with van der Waals surface area (Å²) in [6.07, 6.45) is 3.89. The quantitative estimate of drug-likeness (QED) is 0.674. The highest BCUT2D eigenvalue weighted by molar-refractivity contribution is 6.31. The first-order valence-electron chi connectivity index (χ1n) is 6.10. The van der Waals surface area contributed by atoms with Crippen LogP contribution in [-0.2, 0) is 13.0 Å². The molecule has 0 aliphatic heterocycles. The molecule has 0 saturated carbocycles. The molecule has 0 saturated heterocycles. The van der Waals surface area contributed by atoms with Gasteiger partial charge in [0, 0.05) is 23.9 Å². The molecule has 3 nitrogen and oxygen atoms in total. The lowest BCUT2D eigenvalue weighted by Gasteiger charge is -2.07. The summed E-state index contributed by atoms with van der Waals surface area (Å²) in [5, 5.41) is 0.0864. The van der Waals surface area contributed by atoms with E-state index in [1.807, 2.05) is 10.6 Å². The van der Waals surface area contributed by atoms with Gasteiger partial charge in [-0.25, -0.2) is 9.37 Å². The summed E-state index contributed by atoms with van der Waals surface area (Å²) >= 11 is 11.7. The van der Waals surface area contributed by atoms with E-state index in [9.17, 15) is 4.39 Å². The van der Waals surface area contributed by atoms with Gasteiger partial charge in [-0.1, -0.05) is 11.6 Å². The Hall–Kier alpha value is -1.52. The summed E-state index contributed by atoms with van der Waals surface area (Å²) in [6, 6.07) is 4.82. The molecule has 20 heavy (non-hydrogen) atoms. The average molecular weight is 313 g/mol. The summed E-state index contributed by atoms with van der Waals surface area (Å²) in [6.45, 7) is 0.585. The zero-order valence-electron chi connectivity index (χ0n) is 10.4. The first-order valence-corrected chi connectivity index (χ1v) is 7.01. The molecule has 0 fully saturated rings. The second kappa shape index (κ2) is 5.46. The van der Waals surface area contributed by atoms with Crippen molar-refractivity contribution in [2.24, 2.45) is 0 Å². The summed E-state index contributed by atoms with van der Waals surface area (Å²) in [4.78, 5) is 4.43. The van der Waals surface area contributed by atoms with Crippen LogP contribution >= 0.6 is 23.2 Å². The SMILES string of the molecule is Fc1cc2nc(CCCl)n(Cc3ccoc3)c2cc1Cl. The maximum Gasteiger partial charge on any atom is 0.144 e. The molecule has 0 N–H and O–H groups in total. The van der Waals surface area contributed by atoms with Gasteiger partial charge in [0.2, 0.25) is 0 Å². The third-order valence-electron chi connectivity index (χ3n) is 3.11. The number of nitrogens with zero attached hydrogens (tertiary/aromatic N) is 2. The van der Waals surface area contributed by atoms with Crippen LogP contribution in [0.5, 0.6) is 0 Å². The van der Waals surface area contributed by atoms with E-state index in [-0.39, 0.29) is 5.02 Å². The van der Waals surface area contributed by atoms with E-state index in [1.165, 1.54) is 6.07 Å². The Morgan fingerprint density at radius 2 is 2.20 bits per heavy atom. The first kappa shape index (κ1) is 13.5. The van der Waals surface area contributed by atoms with Crippen LogP contribution in [0.25, 0.3) is 11.0 Å². The molecule has 6 heteroatoms. The van der Waals surface area contributed by atoms with E-state index in [4.69, 9.17) is 27.6 Å². The Balaban J connectivity index is 2.15. The lowest BCUT2D eigenvalue weighted by molar-refractivity contribution is 0.562. The van der Waals surface area contributed by atoms with Crippen molar-refractivity contribution in [2.45, 2.75) is 13.0 Å². The molecule has 0 spiro atoms. The van der Waals surface area contributed by atoms with Gasteiger partial charge in [0.05, 0.1) is 35.1 Å². The molecule has 0 atom stereocenters. The Kier molecular flexibility index (Phi) is 3.68. The fourth-order valence-corrected chi connectivity index (χ4v) is 2.51.